The Labute approximate surface area is 168 Å². The third-order valence-corrected chi connectivity index (χ3v) is 5.36. The average molecular weight is 402 g/mol. The van der Waals surface area contributed by atoms with E-state index >= 15 is 0 Å². The topological polar surface area (TPSA) is 0 Å². The van der Waals surface area contributed by atoms with E-state index in [9.17, 15) is 13.2 Å². The molecule has 0 aromatic heterocycles. The van der Waals surface area contributed by atoms with Gasteiger partial charge < -0.3 is 0 Å². The Bertz CT molecular complexity index is 887. The molecule has 0 N–H and O–H groups in total. The van der Waals surface area contributed by atoms with Crippen LogP contribution in [-0.4, -0.2) is 0 Å². The first-order valence-corrected chi connectivity index (χ1v) is 9.79. The van der Waals surface area contributed by atoms with Gasteiger partial charge in [-0.3, -0.25) is 0 Å². The van der Waals surface area contributed by atoms with Gasteiger partial charge in [-0.05, 0) is 60.2 Å². The van der Waals surface area contributed by atoms with Crippen molar-refractivity contribution in [2.24, 2.45) is 0 Å². The van der Waals surface area contributed by atoms with Crippen molar-refractivity contribution in [2.75, 3.05) is 0 Å². The highest BCUT2D eigenvalue weighted by Gasteiger charge is 2.26. The van der Waals surface area contributed by atoms with Crippen molar-refractivity contribution in [2.45, 2.75) is 38.8 Å². The first-order chi connectivity index (χ1) is 13.1. The van der Waals surface area contributed by atoms with Gasteiger partial charge in [-0.1, -0.05) is 55.1 Å². The molecule has 0 saturated heterocycles. The number of rotatable bonds is 7. The summed E-state index contributed by atoms with van der Waals surface area (Å²) in [6.07, 6.45) is 5.09. The fourth-order valence-electron chi connectivity index (χ4n) is 3.04. The summed E-state index contributed by atoms with van der Waals surface area (Å²) in [7, 11) is 2.77. The fourth-order valence-corrected chi connectivity index (χ4v) is 3.53. The van der Waals surface area contributed by atoms with Gasteiger partial charge in [0.1, 0.15) is 5.83 Å². The quantitative estimate of drug-likeness (QED) is 0.329. The lowest BCUT2D eigenvalue weighted by atomic mass is 9.96. The molecule has 28 heavy (non-hydrogen) atoms. The minimum atomic E-state index is -2.86. The number of halogens is 3. The van der Waals surface area contributed by atoms with Crippen LogP contribution in [-0.2, 0) is 12.3 Å². The molecule has 0 aliphatic heterocycles. The lowest BCUT2D eigenvalue weighted by Gasteiger charge is -2.17. The van der Waals surface area contributed by atoms with E-state index < -0.39 is 5.92 Å². The third kappa shape index (κ3) is 5.69. The Morgan fingerprint density at radius 1 is 1.18 bits per heavy atom. The molecule has 0 fully saturated rings. The molecule has 0 aliphatic rings. The zero-order valence-electron chi connectivity index (χ0n) is 16.5. The van der Waals surface area contributed by atoms with Gasteiger partial charge in [-0.25, -0.2) is 13.2 Å². The van der Waals surface area contributed by atoms with Crippen molar-refractivity contribution in [3.63, 3.8) is 0 Å². The minimum Gasteiger partial charge on any atom is -0.207 e. The summed E-state index contributed by atoms with van der Waals surface area (Å²) < 4.78 is 41.6. The van der Waals surface area contributed by atoms with E-state index in [1.807, 2.05) is 30.3 Å². The van der Waals surface area contributed by atoms with Crippen LogP contribution >= 0.6 is 9.24 Å². The first-order valence-electron chi connectivity index (χ1n) is 9.12. The summed E-state index contributed by atoms with van der Waals surface area (Å²) >= 11 is 0. The lowest BCUT2D eigenvalue weighted by molar-refractivity contribution is 0.0167. The Hall–Kier alpha value is -2.12. The minimum absolute atomic E-state index is 0.0707. The molecule has 2 unspecified atom stereocenters. The maximum absolute atomic E-state index is 14.1. The fraction of sp³-hybridized carbons (Fsp3) is 0.250. The summed E-state index contributed by atoms with van der Waals surface area (Å²) in [5.41, 5.74) is 4.01. The number of aryl methyl sites for hydroxylation is 1. The van der Waals surface area contributed by atoms with E-state index in [1.54, 1.807) is 32.1 Å². The predicted octanol–water partition coefficient (Wildman–Crippen LogP) is 7.71. The van der Waals surface area contributed by atoms with Gasteiger partial charge in [0, 0.05) is 18.1 Å². The normalized spacial score (nSPS) is 14.1. The molecule has 0 spiro atoms. The smallest absolute Gasteiger partial charge is 0.207 e. The number of benzene rings is 2. The molecule has 0 heterocycles. The summed E-state index contributed by atoms with van der Waals surface area (Å²) in [6.45, 7) is 7.89. The van der Waals surface area contributed by atoms with Gasteiger partial charge in [0.15, 0.2) is 0 Å². The van der Waals surface area contributed by atoms with Crippen molar-refractivity contribution in [3.05, 3.63) is 101 Å². The average Bonchev–Trinajstić information content (AvgIpc) is 2.66. The summed E-state index contributed by atoms with van der Waals surface area (Å²) in [4.78, 5) is 0. The molecule has 0 aliphatic carbocycles. The first kappa shape index (κ1) is 22.2. The van der Waals surface area contributed by atoms with Gasteiger partial charge >= 0.3 is 0 Å². The second-order valence-corrected chi connectivity index (χ2v) is 7.84. The van der Waals surface area contributed by atoms with Gasteiger partial charge in [0.2, 0.25) is 0 Å². The maximum Gasteiger partial charge on any atom is 0.270 e. The molecular formula is C24H26F3P. The van der Waals surface area contributed by atoms with Crippen LogP contribution in [0.15, 0.2) is 73.1 Å². The van der Waals surface area contributed by atoms with Crippen molar-refractivity contribution in [3.8, 4) is 0 Å². The molecule has 0 amide bonds. The number of hydrogen-bond donors (Lipinski definition) is 0. The van der Waals surface area contributed by atoms with Crippen molar-refractivity contribution < 1.29 is 13.2 Å². The molecule has 148 valence electrons. The largest absolute Gasteiger partial charge is 0.270 e. The van der Waals surface area contributed by atoms with Crippen LogP contribution in [0.25, 0.3) is 5.57 Å². The molecule has 2 atom stereocenters. The van der Waals surface area contributed by atoms with Crippen molar-refractivity contribution in [1.82, 2.24) is 0 Å². The van der Waals surface area contributed by atoms with E-state index in [4.69, 9.17) is 0 Å². The lowest BCUT2D eigenvalue weighted by Crippen LogP contribution is -2.10. The third-order valence-electron chi connectivity index (χ3n) is 4.74. The molecule has 2 aromatic rings. The molecule has 2 aromatic carbocycles. The van der Waals surface area contributed by atoms with Crippen LogP contribution in [0, 0.1) is 6.92 Å². The molecule has 0 saturated carbocycles. The SMILES string of the molecule is C=C/C=C\C(F)=C(/C)c1ccc(C(P)Cc2ccc(C)c(C(C)(F)F)c2)cc1. The van der Waals surface area contributed by atoms with Crippen LogP contribution in [0.3, 0.4) is 0 Å². The molecule has 0 bridgehead atoms. The van der Waals surface area contributed by atoms with Gasteiger partial charge in [0.05, 0.1) is 0 Å². The van der Waals surface area contributed by atoms with Crippen LogP contribution in [0.2, 0.25) is 0 Å². The Morgan fingerprint density at radius 2 is 1.82 bits per heavy atom. The Morgan fingerprint density at radius 3 is 2.39 bits per heavy atom. The zero-order chi connectivity index (χ0) is 20.9. The predicted molar refractivity (Wildman–Crippen MR) is 116 cm³/mol. The van der Waals surface area contributed by atoms with Crippen LogP contribution in [0.1, 0.15) is 47.3 Å². The Kier molecular flexibility index (Phi) is 7.43. The second-order valence-electron chi connectivity index (χ2n) is 7.04. The maximum atomic E-state index is 14.1. The Balaban J connectivity index is 2.19. The summed E-state index contributed by atoms with van der Waals surface area (Å²) in [5.74, 6) is -3.16. The van der Waals surface area contributed by atoms with E-state index in [0.29, 0.717) is 17.6 Å². The van der Waals surface area contributed by atoms with E-state index in [1.165, 1.54) is 12.2 Å². The molecule has 0 nitrogen and oxygen atoms in total. The molecule has 0 radical (unpaired) electrons. The highest BCUT2D eigenvalue weighted by atomic mass is 31.0. The highest BCUT2D eigenvalue weighted by molar-refractivity contribution is 7.17. The van der Waals surface area contributed by atoms with Crippen molar-refractivity contribution in [1.29, 1.82) is 0 Å². The van der Waals surface area contributed by atoms with E-state index in [2.05, 4.69) is 15.8 Å². The highest BCUT2D eigenvalue weighted by Crippen LogP contribution is 2.33. The van der Waals surface area contributed by atoms with Gasteiger partial charge in [-0.15, -0.1) is 9.24 Å². The number of hydrogen-bond acceptors (Lipinski definition) is 0. The summed E-state index contributed by atoms with van der Waals surface area (Å²) in [5, 5.41) is 0. The molecule has 2 rings (SSSR count). The second kappa shape index (κ2) is 9.39. The number of allylic oxidation sites excluding steroid dienone is 5. The van der Waals surface area contributed by atoms with Crippen LogP contribution in [0.4, 0.5) is 13.2 Å². The standard InChI is InChI=1S/C24H26F3P/c1-5-6-7-22(25)17(3)19-10-12-20(13-11-19)23(28)15-18-9-8-16(2)21(14-18)24(4,26)27/h5-14,23H,1,15,28H2,2-4H3/b7-6-,22-17-. The van der Waals surface area contributed by atoms with Gasteiger partial charge in [-0.2, -0.15) is 0 Å². The molecular weight excluding hydrogens is 376 g/mol. The van der Waals surface area contributed by atoms with Gasteiger partial charge in [0.25, 0.3) is 5.92 Å². The zero-order valence-corrected chi connectivity index (χ0v) is 17.6. The van der Waals surface area contributed by atoms with Crippen molar-refractivity contribution >= 4 is 14.8 Å². The van der Waals surface area contributed by atoms with E-state index in [0.717, 1.165) is 23.6 Å². The monoisotopic (exact) mass is 402 g/mol. The van der Waals surface area contributed by atoms with Crippen LogP contribution in [0.5, 0.6) is 0 Å². The summed E-state index contributed by atoms with van der Waals surface area (Å²) in [6, 6.07) is 12.9. The molecule has 4 heteroatoms. The van der Waals surface area contributed by atoms with E-state index in [-0.39, 0.29) is 17.0 Å². The number of alkyl halides is 2. The van der Waals surface area contributed by atoms with Crippen LogP contribution < -0.4 is 0 Å².